The number of aliphatic imine (C=N–C) groups is 1. The van der Waals surface area contributed by atoms with E-state index >= 15 is 0 Å². The van der Waals surface area contributed by atoms with E-state index < -0.39 is 0 Å². The van der Waals surface area contributed by atoms with Gasteiger partial charge in [-0.2, -0.15) is 0 Å². The Morgan fingerprint density at radius 2 is 1.53 bits per heavy atom. The van der Waals surface area contributed by atoms with E-state index in [1.807, 2.05) is 7.05 Å². The summed E-state index contributed by atoms with van der Waals surface area (Å²) in [6.07, 6.45) is 3.00. The molecule has 186 valence electrons. The molecule has 7 heteroatoms. The van der Waals surface area contributed by atoms with Crippen molar-refractivity contribution in [1.82, 2.24) is 20.4 Å². The zero-order chi connectivity index (χ0) is 22.9. The molecule has 6 nitrogen and oxygen atoms in total. The third-order valence-corrected chi connectivity index (χ3v) is 6.49. The van der Waals surface area contributed by atoms with Crippen molar-refractivity contribution in [3.05, 3.63) is 70.8 Å². The Morgan fingerprint density at radius 3 is 2.24 bits per heavy atom. The maximum atomic E-state index is 5.66. The molecular weight excluding hydrogens is 537 g/mol. The molecule has 2 N–H and O–H groups in total. The first-order chi connectivity index (χ1) is 16.2. The van der Waals surface area contributed by atoms with E-state index in [9.17, 15) is 0 Å². The molecule has 2 aromatic carbocycles. The predicted octanol–water partition coefficient (Wildman–Crippen LogP) is 3.99. The van der Waals surface area contributed by atoms with Crippen LogP contribution < -0.4 is 10.6 Å². The van der Waals surface area contributed by atoms with Crippen molar-refractivity contribution in [1.29, 1.82) is 0 Å². The summed E-state index contributed by atoms with van der Waals surface area (Å²) in [5.41, 5.74) is 5.28. The van der Waals surface area contributed by atoms with E-state index in [0.29, 0.717) is 6.10 Å². The molecule has 0 bridgehead atoms. The number of nitrogens with zero attached hydrogens (tertiary/aromatic N) is 3. The highest BCUT2D eigenvalue weighted by Crippen LogP contribution is 2.14. The van der Waals surface area contributed by atoms with Crippen LogP contribution in [-0.4, -0.2) is 61.7 Å². The summed E-state index contributed by atoms with van der Waals surface area (Å²) in [7, 11) is 1.82. The van der Waals surface area contributed by atoms with Crippen molar-refractivity contribution in [3.8, 4) is 0 Å². The maximum absolute atomic E-state index is 5.66. The first-order valence-electron chi connectivity index (χ1n) is 12.3. The lowest BCUT2D eigenvalue weighted by atomic mass is 10.1. The van der Waals surface area contributed by atoms with E-state index in [0.717, 1.165) is 51.8 Å². The number of guanidine groups is 1. The molecule has 34 heavy (non-hydrogen) atoms. The molecule has 0 aromatic heterocycles. The van der Waals surface area contributed by atoms with Crippen LogP contribution in [0.2, 0.25) is 0 Å². The molecule has 2 saturated heterocycles. The average molecular weight is 578 g/mol. The highest BCUT2D eigenvalue weighted by atomic mass is 127. The van der Waals surface area contributed by atoms with Crippen LogP contribution in [-0.2, 0) is 30.9 Å². The van der Waals surface area contributed by atoms with Gasteiger partial charge in [0.2, 0.25) is 0 Å². The predicted molar refractivity (Wildman–Crippen MR) is 151 cm³/mol. The largest absolute Gasteiger partial charge is 0.376 e. The van der Waals surface area contributed by atoms with Crippen LogP contribution in [0.5, 0.6) is 0 Å². The summed E-state index contributed by atoms with van der Waals surface area (Å²) >= 11 is 0. The van der Waals surface area contributed by atoms with E-state index in [4.69, 9.17) is 4.74 Å². The first-order valence-corrected chi connectivity index (χ1v) is 12.3. The summed E-state index contributed by atoms with van der Waals surface area (Å²) < 4.78 is 5.66. The maximum Gasteiger partial charge on any atom is 0.191 e. The third kappa shape index (κ3) is 8.52. The minimum Gasteiger partial charge on any atom is -0.376 e. The molecule has 2 aromatic rings. The number of ether oxygens (including phenoxy) is 1. The number of morpholine rings is 1. The second-order valence-electron chi connectivity index (χ2n) is 9.32. The van der Waals surface area contributed by atoms with Crippen LogP contribution in [0.3, 0.4) is 0 Å². The van der Waals surface area contributed by atoms with Crippen LogP contribution in [0, 0.1) is 0 Å². The fraction of sp³-hybridized carbons (Fsp3) is 0.519. The molecule has 1 atom stereocenters. The van der Waals surface area contributed by atoms with Crippen LogP contribution >= 0.6 is 24.0 Å². The zero-order valence-corrected chi connectivity index (χ0v) is 23.0. The summed E-state index contributed by atoms with van der Waals surface area (Å²) in [6.45, 7) is 11.0. The molecular formula is C27H40IN5O. The molecule has 2 heterocycles. The van der Waals surface area contributed by atoms with Crippen molar-refractivity contribution < 1.29 is 4.74 Å². The fourth-order valence-electron chi connectivity index (χ4n) is 4.68. The summed E-state index contributed by atoms with van der Waals surface area (Å²) in [4.78, 5) is 9.40. The molecule has 0 amide bonds. The van der Waals surface area contributed by atoms with Crippen molar-refractivity contribution in [2.45, 2.75) is 52.0 Å². The van der Waals surface area contributed by atoms with Gasteiger partial charge in [0.1, 0.15) is 0 Å². The highest BCUT2D eigenvalue weighted by Gasteiger charge is 2.16. The van der Waals surface area contributed by atoms with Gasteiger partial charge in [-0.3, -0.25) is 14.8 Å². The Kier molecular flexibility index (Phi) is 11.1. The Morgan fingerprint density at radius 1 is 0.882 bits per heavy atom. The van der Waals surface area contributed by atoms with Crippen molar-refractivity contribution >= 4 is 29.9 Å². The molecule has 0 spiro atoms. The minimum atomic E-state index is 0. The summed E-state index contributed by atoms with van der Waals surface area (Å²) in [6, 6.07) is 17.8. The third-order valence-electron chi connectivity index (χ3n) is 6.49. The van der Waals surface area contributed by atoms with Gasteiger partial charge in [0.05, 0.1) is 12.7 Å². The van der Waals surface area contributed by atoms with Gasteiger partial charge in [0, 0.05) is 46.3 Å². The first kappa shape index (κ1) is 26.9. The SMILES string of the molecule is CN=C(NCc1ccc(CN2CCCC2)cc1)NCc1cccc(CN2CCOC(C)C2)c1.I. The van der Waals surface area contributed by atoms with Crippen molar-refractivity contribution in [2.24, 2.45) is 4.99 Å². The molecule has 2 aliphatic heterocycles. The zero-order valence-electron chi connectivity index (χ0n) is 20.6. The second-order valence-corrected chi connectivity index (χ2v) is 9.32. The molecule has 2 fully saturated rings. The van der Waals surface area contributed by atoms with Gasteiger partial charge in [0.25, 0.3) is 0 Å². The standard InChI is InChI=1S/C27H39N5O.HI/c1-22-19-32(14-15-33-22)21-26-7-5-6-25(16-26)18-30-27(28-2)29-17-23-8-10-24(11-9-23)20-31-12-3-4-13-31;/h5-11,16,22H,3-4,12-15,17-21H2,1-2H3,(H2,28,29,30);1H. The molecule has 2 aliphatic rings. The fourth-order valence-corrected chi connectivity index (χ4v) is 4.68. The molecule has 0 saturated carbocycles. The molecule has 4 rings (SSSR count). The van der Waals surface area contributed by atoms with Crippen LogP contribution in [0.1, 0.15) is 42.0 Å². The topological polar surface area (TPSA) is 52.1 Å². The number of hydrogen-bond donors (Lipinski definition) is 2. The van der Waals surface area contributed by atoms with Gasteiger partial charge in [-0.15, -0.1) is 24.0 Å². The van der Waals surface area contributed by atoms with Gasteiger partial charge in [-0.05, 0) is 55.1 Å². The number of rotatable bonds is 8. The van der Waals surface area contributed by atoms with Gasteiger partial charge < -0.3 is 15.4 Å². The number of hydrogen-bond acceptors (Lipinski definition) is 4. The number of benzene rings is 2. The lowest BCUT2D eigenvalue weighted by molar-refractivity contribution is -0.0212. The monoisotopic (exact) mass is 577 g/mol. The van der Waals surface area contributed by atoms with E-state index in [2.05, 4.69) is 80.9 Å². The van der Waals surface area contributed by atoms with E-state index in [1.54, 1.807) is 0 Å². The Hall–Kier alpha value is -1.68. The second kappa shape index (κ2) is 14.0. The normalized spacial score (nSPS) is 19.6. The Labute approximate surface area is 222 Å². The van der Waals surface area contributed by atoms with E-state index in [1.165, 1.54) is 48.2 Å². The quantitative estimate of drug-likeness (QED) is 0.283. The number of likely N-dealkylation sites (tertiary alicyclic amines) is 1. The van der Waals surface area contributed by atoms with Gasteiger partial charge in [-0.25, -0.2) is 0 Å². The highest BCUT2D eigenvalue weighted by molar-refractivity contribution is 14.0. The number of halogens is 1. The summed E-state index contributed by atoms with van der Waals surface area (Å²) in [5.74, 6) is 0.823. The molecule has 0 radical (unpaired) electrons. The summed E-state index contributed by atoms with van der Waals surface area (Å²) in [5, 5.41) is 6.89. The minimum absolute atomic E-state index is 0. The number of nitrogens with one attached hydrogen (secondary N) is 2. The van der Waals surface area contributed by atoms with Crippen LogP contribution in [0.4, 0.5) is 0 Å². The Balaban J connectivity index is 0.00000324. The van der Waals surface area contributed by atoms with Crippen molar-refractivity contribution in [2.75, 3.05) is 39.8 Å². The lowest BCUT2D eigenvalue weighted by Crippen LogP contribution is -2.40. The van der Waals surface area contributed by atoms with Crippen LogP contribution in [0.15, 0.2) is 53.5 Å². The molecule has 0 aliphatic carbocycles. The average Bonchev–Trinajstić information content (AvgIpc) is 3.34. The van der Waals surface area contributed by atoms with E-state index in [-0.39, 0.29) is 24.0 Å². The van der Waals surface area contributed by atoms with Crippen molar-refractivity contribution in [3.63, 3.8) is 0 Å². The van der Waals surface area contributed by atoms with Gasteiger partial charge >= 0.3 is 0 Å². The van der Waals surface area contributed by atoms with Gasteiger partial charge in [0.15, 0.2) is 5.96 Å². The van der Waals surface area contributed by atoms with Gasteiger partial charge in [-0.1, -0.05) is 48.5 Å². The smallest absolute Gasteiger partial charge is 0.191 e. The molecule has 1 unspecified atom stereocenters. The lowest BCUT2D eigenvalue weighted by Gasteiger charge is -2.31. The van der Waals surface area contributed by atoms with Crippen LogP contribution in [0.25, 0.3) is 0 Å². The Bertz CT molecular complexity index is 898.